The largest absolute Gasteiger partial charge is 0.480 e. The van der Waals surface area contributed by atoms with Crippen LogP contribution in [-0.4, -0.2) is 17.1 Å². The van der Waals surface area contributed by atoms with Gasteiger partial charge in [0.25, 0.3) is 0 Å². The molecule has 1 aromatic rings. The van der Waals surface area contributed by atoms with Gasteiger partial charge < -0.3 is 10.4 Å². The molecule has 20 heavy (non-hydrogen) atoms. The predicted molar refractivity (Wildman–Crippen MR) is 80.8 cm³/mol. The van der Waals surface area contributed by atoms with Crippen molar-refractivity contribution in [3.63, 3.8) is 0 Å². The van der Waals surface area contributed by atoms with E-state index in [-0.39, 0.29) is 0 Å². The van der Waals surface area contributed by atoms with Gasteiger partial charge in [0.15, 0.2) is 0 Å². The molecule has 0 bridgehead atoms. The fourth-order valence-electron chi connectivity index (χ4n) is 2.63. The normalized spacial score (nSPS) is 16.9. The minimum absolute atomic E-state index is 0.379. The summed E-state index contributed by atoms with van der Waals surface area (Å²) < 4.78 is 0. The van der Waals surface area contributed by atoms with Gasteiger partial charge >= 0.3 is 5.97 Å². The number of carbonyl (C=O) groups is 1. The van der Waals surface area contributed by atoms with Crippen LogP contribution in [0.2, 0.25) is 0 Å². The van der Waals surface area contributed by atoms with Gasteiger partial charge in [-0.1, -0.05) is 44.5 Å². The Morgan fingerprint density at radius 3 is 2.40 bits per heavy atom. The van der Waals surface area contributed by atoms with E-state index in [2.05, 4.69) is 29.6 Å². The molecule has 1 aliphatic rings. The number of nitrogens with one attached hydrogen (secondary N) is 1. The van der Waals surface area contributed by atoms with Crippen LogP contribution < -0.4 is 5.32 Å². The molecule has 2 rings (SSSR count). The van der Waals surface area contributed by atoms with Crippen molar-refractivity contribution >= 4 is 5.97 Å². The van der Waals surface area contributed by atoms with Gasteiger partial charge in [0.05, 0.1) is 0 Å². The first-order valence-electron chi connectivity index (χ1n) is 7.61. The van der Waals surface area contributed by atoms with Crippen LogP contribution in [-0.2, 0) is 11.3 Å². The van der Waals surface area contributed by atoms with Crippen molar-refractivity contribution in [2.24, 2.45) is 5.92 Å². The number of benzene rings is 1. The van der Waals surface area contributed by atoms with Gasteiger partial charge in [0.2, 0.25) is 0 Å². The third-order valence-electron chi connectivity index (χ3n) is 4.11. The lowest BCUT2D eigenvalue weighted by molar-refractivity contribution is -0.140. The Labute approximate surface area is 121 Å². The van der Waals surface area contributed by atoms with Crippen molar-refractivity contribution in [3.8, 4) is 0 Å². The Morgan fingerprint density at radius 1 is 1.30 bits per heavy atom. The van der Waals surface area contributed by atoms with Crippen molar-refractivity contribution in [1.82, 2.24) is 5.32 Å². The Bertz CT molecular complexity index is 435. The van der Waals surface area contributed by atoms with Crippen molar-refractivity contribution in [1.29, 1.82) is 0 Å². The van der Waals surface area contributed by atoms with Crippen molar-refractivity contribution in [3.05, 3.63) is 35.4 Å². The molecule has 1 fully saturated rings. The smallest absolute Gasteiger partial charge is 0.320 e. The summed E-state index contributed by atoms with van der Waals surface area (Å²) in [5.74, 6) is 0.374. The molecular weight excluding hydrogens is 250 g/mol. The number of hydrogen-bond acceptors (Lipinski definition) is 2. The van der Waals surface area contributed by atoms with E-state index in [4.69, 9.17) is 0 Å². The molecule has 1 atom stereocenters. The van der Waals surface area contributed by atoms with Crippen molar-refractivity contribution in [2.75, 3.05) is 0 Å². The molecule has 3 heteroatoms. The van der Waals surface area contributed by atoms with Crippen LogP contribution in [0.5, 0.6) is 0 Å². The first kappa shape index (κ1) is 15.0. The molecule has 1 saturated carbocycles. The Balaban J connectivity index is 1.87. The van der Waals surface area contributed by atoms with Gasteiger partial charge in [0.1, 0.15) is 6.04 Å². The van der Waals surface area contributed by atoms with Crippen molar-refractivity contribution < 1.29 is 9.90 Å². The molecule has 2 N–H and O–H groups in total. The fraction of sp³-hybridized carbons (Fsp3) is 0.588. The summed E-state index contributed by atoms with van der Waals surface area (Å²) in [5, 5.41) is 12.3. The summed E-state index contributed by atoms with van der Waals surface area (Å²) in [5.41, 5.74) is 2.58. The molecule has 0 aromatic heterocycles. The van der Waals surface area contributed by atoms with Gasteiger partial charge in [-0.2, -0.15) is 0 Å². The van der Waals surface area contributed by atoms with Gasteiger partial charge in [-0.05, 0) is 42.2 Å². The number of rotatable bonds is 7. The highest BCUT2D eigenvalue weighted by Crippen LogP contribution is 2.36. The maximum absolute atomic E-state index is 11.2. The quantitative estimate of drug-likeness (QED) is 0.800. The fourth-order valence-corrected chi connectivity index (χ4v) is 2.63. The van der Waals surface area contributed by atoms with Crippen LogP contribution in [0.3, 0.4) is 0 Å². The van der Waals surface area contributed by atoms with E-state index in [1.807, 2.05) is 13.8 Å². The summed E-state index contributed by atoms with van der Waals surface area (Å²) in [6, 6.07) is 8.17. The minimum atomic E-state index is -0.759. The van der Waals surface area contributed by atoms with Gasteiger partial charge in [-0.25, -0.2) is 0 Å². The van der Waals surface area contributed by atoms with E-state index in [1.165, 1.54) is 24.8 Å². The van der Waals surface area contributed by atoms with Crippen LogP contribution in [0.4, 0.5) is 0 Å². The molecule has 0 amide bonds. The average Bonchev–Trinajstić information content (AvgIpc) is 2.33. The monoisotopic (exact) mass is 275 g/mol. The summed E-state index contributed by atoms with van der Waals surface area (Å²) in [6.07, 6.45) is 4.64. The second-order valence-electron chi connectivity index (χ2n) is 6.27. The molecule has 0 aliphatic heterocycles. The topological polar surface area (TPSA) is 49.3 Å². The van der Waals surface area contributed by atoms with Crippen LogP contribution >= 0.6 is 0 Å². The zero-order chi connectivity index (χ0) is 14.5. The Kier molecular flexibility index (Phi) is 5.18. The molecule has 0 heterocycles. The van der Waals surface area contributed by atoms with Gasteiger partial charge in [0, 0.05) is 6.54 Å². The standard InChI is InChI=1S/C17H25NO2/c1-12(2)10-16(17(19)20)18-11-13-6-8-15(9-7-13)14-4-3-5-14/h6-9,12,14,16,18H,3-5,10-11H2,1-2H3,(H,19,20)/t16-/m0/s1. The van der Waals surface area contributed by atoms with E-state index in [0.717, 1.165) is 11.5 Å². The molecule has 1 aromatic carbocycles. The first-order chi connectivity index (χ1) is 9.56. The molecule has 1 aliphatic carbocycles. The summed E-state index contributed by atoms with van der Waals surface area (Å²) in [6.45, 7) is 4.71. The maximum atomic E-state index is 11.2. The summed E-state index contributed by atoms with van der Waals surface area (Å²) >= 11 is 0. The molecule has 110 valence electrons. The lowest BCUT2D eigenvalue weighted by Crippen LogP contribution is -2.37. The summed E-state index contributed by atoms with van der Waals surface area (Å²) in [7, 11) is 0. The molecule has 0 spiro atoms. The molecule has 0 unspecified atom stereocenters. The zero-order valence-corrected chi connectivity index (χ0v) is 12.4. The SMILES string of the molecule is CC(C)C[C@H](NCc1ccc(C2CCC2)cc1)C(=O)O. The van der Waals surface area contributed by atoms with Gasteiger partial charge in [-0.15, -0.1) is 0 Å². The van der Waals surface area contributed by atoms with E-state index in [1.54, 1.807) is 0 Å². The molecule has 0 radical (unpaired) electrons. The van der Waals surface area contributed by atoms with Crippen LogP contribution in [0.15, 0.2) is 24.3 Å². The van der Waals surface area contributed by atoms with Crippen LogP contribution in [0, 0.1) is 5.92 Å². The number of hydrogen-bond donors (Lipinski definition) is 2. The van der Waals surface area contributed by atoms with Crippen LogP contribution in [0.1, 0.15) is 56.6 Å². The number of aliphatic carboxylic acids is 1. The highest BCUT2D eigenvalue weighted by Gasteiger charge is 2.20. The highest BCUT2D eigenvalue weighted by atomic mass is 16.4. The first-order valence-corrected chi connectivity index (χ1v) is 7.61. The van der Waals surface area contributed by atoms with E-state index in [0.29, 0.717) is 18.9 Å². The summed E-state index contributed by atoms with van der Waals surface area (Å²) in [4.78, 5) is 11.2. The third-order valence-corrected chi connectivity index (χ3v) is 4.11. The van der Waals surface area contributed by atoms with Gasteiger partial charge in [-0.3, -0.25) is 4.79 Å². The number of carboxylic acid groups (broad SMARTS) is 1. The maximum Gasteiger partial charge on any atom is 0.320 e. The zero-order valence-electron chi connectivity index (χ0n) is 12.4. The van der Waals surface area contributed by atoms with E-state index < -0.39 is 12.0 Å². The number of carboxylic acids is 1. The lowest BCUT2D eigenvalue weighted by atomic mass is 9.80. The molecule has 3 nitrogen and oxygen atoms in total. The molecule has 0 saturated heterocycles. The van der Waals surface area contributed by atoms with E-state index >= 15 is 0 Å². The van der Waals surface area contributed by atoms with Crippen LogP contribution in [0.25, 0.3) is 0 Å². The van der Waals surface area contributed by atoms with E-state index in [9.17, 15) is 9.90 Å². The lowest BCUT2D eigenvalue weighted by Gasteiger charge is -2.26. The highest BCUT2D eigenvalue weighted by molar-refractivity contribution is 5.73. The average molecular weight is 275 g/mol. The Hall–Kier alpha value is -1.35. The van der Waals surface area contributed by atoms with Crippen molar-refractivity contribution in [2.45, 2.75) is 58.0 Å². The Morgan fingerprint density at radius 2 is 1.95 bits per heavy atom. The second-order valence-corrected chi connectivity index (χ2v) is 6.27. The predicted octanol–water partition coefficient (Wildman–Crippen LogP) is 3.54. The molecular formula is C17H25NO2. The minimum Gasteiger partial charge on any atom is -0.480 e. The second kappa shape index (κ2) is 6.89. The third kappa shape index (κ3) is 4.07.